The summed E-state index contributed by atoms with van der Waals surface area (Å²) < 4.78 is 2.03. The van der Waals surface area contributed by atoms with E-state index < -0.39 is 0 Å². The van der Waals surface area contributed by atoms with Gasteiger partial charge in [0, 0.05) is 66.2 Å². The lowest BCUT2D eigenvalue weighted by atomic mass is 9.69. The van der Waals surface area contributed by atoms with Crippen LogP contribution in [0.1, 0.15) is 19.8 Å². The minimum absolute atomic E-state index is 0.00292. The maximum absolute atomic E-state index is 13.2. The maximum Gasteiger partial charge on any atom is 0.319 e. The number of hydrogen-bond donors (Lipinski definition) is 0. The molecule has 7 rings (SSSR count). The van der Waals surface area contributed by atoms with E-state index in [9.17, 15) is 14.4 Å². The second-order valence-electron chi connectivity index (χ2n) is 10.0. The Morgan fingerprint density at radius 1 is 0.857 bits per heavy atom. The van der Waals surface area contributed by atoms with Gasteiger partial charge in [0.15, 0.2) is 17.8 Å². The summed E-state index contributed by atoms with van der Waals surface area (Å²) in [5.74, 6) is -0.303. The zero-order valence-corrected chi connectivity index (χ0v) is 19.6. The molecule has 0 N–H and O–H groups in total. The highest BCUT2D eigenvalue weighted by molar-refractivity contribution is 6.14. The number of Topliss-reactive ketones (excluding diaryl/α,β-unsaturated/α-hetero) is 2. The number of piperazine rings is 1. The second-order valence-corrected chi connectivity index (χ2v) is 10.0. The van der Waals surface area contributed by atoms with Gasteiger partial charge in [-0.25, -0.2) is 0 Å². The molecule has 5 heteroatoms. The number of allylic oxidation sites excluding steroid dienone is 15. The van der Waals surface area contributed by atoms with Crippen molar-refractivity contribution < 1.29 is 19.0 Å². The summed E-state index contributed by atoms with van der Waals surface area (Å²) in [5, 5.41) is 0. The minimum Gasteiger partial charge on any atom is -0.326 e. The largest absolute Gasteiger partial charge is 0.326 e. The minimum atomic E-state index is -0.361. The van der Waals surface area contributed by atoms with Crippen LogP contribution >= 0.6 is 0 Å². The second kappa shape index (κ2) is 6.97. The van der Waals surface area contributed by atoms with E-state index in [-0.39, 0.29) is 35.7 Å². The molecule has 1 amide bonds. The fourth-order valence-corrected chi connectivity index (χ4v) is 6.13. The van der Waals surface area contributed by atoms with Crippen molar-refractivity contribution in [3.63, 3.8) is 0 Å². The first-order chi connectivity index (χ1) is 16.9. The van der Waals surface area contributed by atoms with Crippen molar-refractivity contribution in [2.45, 2.75) is 19.8 Å². The molecule has 4 bridgehead atoms. The third kappa shape index (κ3) is 2.70. The van der Waals surface area contributed by atoms with Crippen LogP contribution < -0.4 is 0 Å². The highest BCUT2D eigenvalue weighted by Crippen LogP contribution is 2.49. The Morgan fingerprint density at radius 3 is 2.29 bits per heavy atom. The molecule has 2 unspecified atom stereocenters. The van der Waals surface area contributed by atoms with Gasteiger partial charge in [-0.3, -0.25) is 14.4 Å². The van der Waals surface area contributed by atoms with Crippen LogP contribution in [0.5, 0.6) is 0 Å². The lowest BCUT2D eigenvalue weighted by molar-refractivity contribution is -0.424. The van der Waals surface area contributed by atoms with Gasteiger partial charge in [-0.1, -0.05) is 31.2 Å². The summed E-state index contributed by atoms with van der Waals surface area (Å²) in [6.07, 6.45) is 19.1. The van der Waals surface area contributed by atoms with Crippen molar-refractivity contribution >= 4 is 23.7 Å². The monoisotopic (exact) mass is 459 g/mol. The van der Waals surface area contributed by atoms with Gasteiger partial charge >= 0.3 is 5.91 Å². The van der Waals surface area contributed by atoms with Crippen molar-refractivity contribution in [3.05, 3.63) is 110 Å². The Balaban J connectivity index is 1.56. The first kappa shape index (κ1) is 20.3. The fourth-order valence-electron chi connectivity index (χ4n) is 6.13. The van der Waals surface area contributed by atoms with Gasteiger partial charge in [0.05, 0.1) is 0 Å². The summed E-state index contributed by atoms with van der Waals surface area (Å²) in [4.78, 5) is 41.1. The first-order valence-corrected chi connectivity index (χ1v) is 12.1. The van der Waals surface area contributed by atoms with Gasteiger partial charge in [0.25, 0.3) is 5.70 Å². The van der Waals surface area contributed by atoms with E-state index in [1.165, 1.54) is 5.57 Å². The van der Waals surface area contributed by atoms with Crippen LogP contribution in [0.2, 0.25) is 0 Å². The molecule has 0 radical (unpaired) electrons. The third-order valence-electron chi connectivity index (χ3n) is 7.97. The predicted octanol–water partition coefficient (Wildman–Crippen LogP) is 3.57. The van der Waals surface area contributed by atoms with Gasteiger partial charge < -0.3 is 4.90 Å². The Hall–Kier alpha value is -4.08. The molecular formula is C30H23N2O3+. The molecule has 0 aromatic heterocycles. The molecule has 7 aliphatic rings. The summed E-state index contributed by atoms with van der Waals surface area (Å²) in [6, 6.07) is 0. The first-order valence-electron chi connectivity index (χ1n) is 12.1. The number of nitrogens with zero attached hydrogens (tertiary/aromatic N) is 2. The van der Waals surface area contributed by atoms with Crippen molar-refractivity contribution in [1.82, 2.24) is 4.90 Å². The van der Waals surface area contributed by atoms with Crippen molar-refractivity contribution in [3.8, 4) is 0 Å². The zero-order chi connectivity index (χ0) is 24.0. The molecule has 5 nitrogen and oxygen atoms in total. The number of likely N-dealkylation sites (N-methyl/N-ethyl adjacent to an activating group) is 1. The molecule has 4 aliphatic carbocycles. The van der Waals surface area contributed by atoms with Gasteiger partial charge in [0.2, 0.25) is 5.70 Å². The Morgan fingerprint density at radius 2 is 1.51 bits per heavy atom. The molecule has 3 fully saturated rings. The number of amides is 1. The Kier molecular flexibility index (Phi) is 4.04. The van der Waals surface area contributed by atoms with Crippen LogP contribution in [0.4, 0.5) is 0 Å². The van der Waals surface area contributed by atoms with Crippen LogP contribution in [0.15, 0.2) is 110 Å². The van der Waals surface area contributed by atoms with Crippen LogP contribution in [-0.4, -0.2) is 46.8 Å². The quantitative estimate of drug-likeness (QED) is 0.411. The summed E-state index contributed by atoms with van der Waals surface area (Å²) >= 11 is 0. The lowest BCUT2D eigenvalue weighted by Crippen LogP contribution is -2.42. The van der Waals surface area contributed by atoms with Gasteiger partial charge in [-0.05, 0) is 34.4 Å². The Bertz CT molecular complexity index is 1570. The highest BCUT2D eigenvalue weighted by atomic mass is 16.2. The highest BCUT2D eigenvalue weighted by Gasteiger charge is 2.42. The number of carbonyl (C=O) groups excluding carboxylic acids is 3. The normalized spacial score (nSPS) is 28.3. The van der Waals surface area contributed by atoms with Gasteiger partial charge in [0.1, 0.15) is 6.54 Å². The SMILES string of the molecule is CC1CC(=O)C2=CC=C3C4=C=C2C(=CC=C4C2=CC=C4C(=O)N(C)CC5=CC=C3C2CC=[N+]54)C1=O. The van der Waals surface area contributed by atoms with Crippen LogP contribution in [0.3, 0.4) is 0 Å². The number of rotatable bonds is 0. The van der Waals surface area contributed by atoms with Gasteiger partial charge in [-0.15, -0.1) is 5.73 Å². The summed E-state index contributed by atoms with van der Waals surface area (Å²) in [7, 11) is 1.83. The average Bonchev–Trinajstić information content (AvgIpc) is 3.15. The molecule has 1 saturated heterocycles. The molecule has 0 aromatic rings. The number of fused-ring (bicyclic) bond motifs is 3. The molecule has 2 atom stereocenters. The molecule has 2 saturated carbocycles. The molecule has 170 valence electrons. The molecular weight excluding hydrogens is 436 g/mol. The zero-order valence-electron chi connectivity index (χ0n) is 19.6. The number of ketones is 2. The van der Waals surface area contributed by atoms with Crippen LogP contribution in [0.25, 0.3) is 0 Å². The van der Waals surface area contributed by atoms with E-state index in [1.807, 2.05) is 48.9 Å². The van der Waals surface area contributed by atoms with E-state index in [1.54, 1.807) is 4.90 Å². The smallest absolute Gasteiger partial charge is 0.319 e. The fraction of sp³-hybridized carbons (Fsp3) is 0.233. The van der Waals surface area contributed by atoms with Crippen molar-refractivity contribution in [2.75, 3.05) is 13.6 Å². The third-order valence-corrected chi connectivity index (χ3v) is 7.97. The molecule has 3 heterocycles. The summed E-state index contributed by atoms with van der Waals surface area (Å²) in [5.41, 5.74) is 12.2. The van der Waals surface area contributed by atoms with E-state index in [2.05, 4.69) is 30.2 Å². The standard InChI is InChI=1S/C30H23N2O3/c1-16-13-28(33)23-7-5-20-18-4-3-17-15-31(2)30(35)27-10-9-19(22(18)11-12-32(17)27)21-6-8-24(29(16)34)26(23)14-25(20)21/h3-10,12,16,22H,11,13,15H2,1-2H3/q+1. The van der Waals surface area contributed by atoms with E-state index >= 15 is 0 Å². The van der Waals surface area contributed by atoms with E-state index in [0.29, 0.717) is 29.0 Å². The van der Waals surface area contributed by atoms with E-state index in [4.69, 9.17) is 0 Å². The number of hydrogen-bond acceptors (Lipinski definition) is 3. The van der Waals surface area contributed by atoms with Crippen LogP contribution in [-0.2, 0) is 14.4 Å². The predicted molar refractivity (Wildman–Crippen MR) is 131 cm³/mol. The maximum atomic E-state index is 13.2. The Labute approximate surface area is 203 Å². The van der Waals surface area contributed by atoms with Gasteiger partial charge in [-0.2, -0.15) is 4.58 Å². The van der Waals surface area contributed by atoms with E-state index in [0.717, 1.165) is 34.4 Å². The lowest BCUT2D eigenvalue weighted by Gasteiger charge is -2.34. The molecule has 35 heavy (non-hydrogen) atoms. The topological polar surface area (TPSA) is 57.5 Å². The van der Waals surface area contributed by atoms with Crippen LogP contribution in [0, 0.1) is 11.8 Å². The van der Waals surface area contributed by atoms with Crippen molar-refractivity contribution in [1.29, 1.82) is 0 Å². The van der Waals surface area contributed by atoms with Crippen molar-refractivity contribution in [2.24, 2.45) is 11.8 Å². The number of carbonyl (C=O) groups is 3. The molecule has 0 aromatic carbocycles. The summed E-state index contributed by atoms with van der Waals surface area (Å²) in [6.45, 7) is 2.37. The molecule has 0 spiro atoms. The average molecular weight is 460 g/mol. The molecule has 3 aliphatic heterocycles.